The molecule has 2 aromatic carbocycles. The molecule has 1 aliphatic heterocycles. The number of nitrogens with one attached hydrogen (secondary N) is 1. The first-order valence-electron chi connectivity index (χ1n) is 7.44. The lowest BCUT2D eigenvalue weighted by atomic mass is 10.00. The summed E-state index contributed by atoms with van der Waals surface area (Å²) in [6.45, 7) is 2.15. The van der Waals surface area contributed by atoms with Gasteiger partial charge in [0.1, 0.15) is 5.75 Å². The van der Waals surface area contributed by atoms with E-state index in [0.717, 1.165) is 15.8 Å². The van der Waals surface area contributed by atoms with Crippen molar-refractivity contribution in [2.75, 3.05) is 6.61 Å². The number of rotatable bonds is 3. The van der Waals surface area contributed by atoms with Gasteiger partial charge in [-0.2, -0.15) is 0 Å². The highest BCUT2D eigenvalue weighted by Crippen LogP contribution is 2.34. The van der Waals surface area contributed by atoms with Crippen LogP contribution in [0.15, 0.2) is 40.9 Å². The van der Waals surface area contributed by atoms with E-state index in [1.807, 2.05) is 18.2 Å². The number of hydrogen-bond donors (Lipinski definition) is 1. The average molecular weight is 391 g/mol. The molecule has 6 nitrogen and oxygen atoms in total. The van der Waals surface area contributed by atoms with Crippen molar-refractivity contribution in [1.82, 2.24) is 5.32 Å². The number of ether oxygens (including phenoxy) is 1. The van der Waals surface area contributed by atoms with Crippen molar-refractivity contribution in [3.05, 3.63) is 67.7 Å². The third-order valence-corrected chi connectivity index (χ3v) is 4.47. The fraction of sp³-hybridized carbons (Fsp3) is 0.235. The Kier molecular flexibility index (Phi) is 4.53. The third-order valence-electron chi connectivity index (χ3n) is 3.97. The lowest BCUT2D eigenvalue weighted by Crippen LogP contribution is -2.32. The molecule has 0 aromatic heterocycles. The zero-order valence-electron chi connectivity index (χ0n) is 12.9. The van der Waals surface area contributed by atoms with Crippen molar-refractivity contribution in [3.63, 3.8) is 0 Å². The standard InChI is InChI=1S/C17H15BrN2O4/c1-10-8-11(2-4-15(10)20(22)23)17(21)19-14-6-7-24-16-5-3-12(18)9-13(14)16/h2-5,8-9,14H,6-7H2,1H3,(H,19,21). The molecular weight excluding hydrogens is 376 g/mol. The van der Waals surface area contributed by atoms with Gasteiger partial charge in [-0.1, -0.05) is 15.9 Å². The number of halogens is 1. The number of hydrogen-bond acceptors (Lipinski definition) is 4. The molecule has 0 bridgehead atoms. The van der Waals surface area contributed by atoms with Gasteiger partial charge in [0.2, 0.25) is 0 Å². The van der Waals surface area contributed by atoms with Crippen LogP contribution < -0.4 is 10.1 Å². The van der Waals surface area contributed by atoms with Gasteiger partial charge in [0, 0.05) is 33.7 Å². The van der Waals surface area contributed by atoms with Crippen LogP contribution in [0.1, 0.15) is 33.9 Å². The molecule has 0 fully saturated rings. The molecule has 0 aliphatic carbocycles. The summed E-state index contributed by atoms with van der Waals surface area (Å²) < 4.78 is 6.52. The van der Waals surface area contributed by atoms with E-state index in [2.05, 4.69) is 21.2 Å². The maximum absolute atomic E-state index is 12.5. The number of fused-ring (bicyclic) bond motifs is 1. The predicted molar refractivity (Wildman–Crippen MR) is 92.3 cm³/mol. The molecule has 0 spiro atoms. The Bertz CT molecular complexity index is 822. The second-order valence-electron chi connectivity index (χ2n) is 5.60. The number of nitro groups is 1. The fourth-order valence-corrected chi connectivity index (χ4v) is 3.14. The molecule has 24 heavy (non-hydrogen) atoms. The van der Waals surface area contributed by atoms with Crippen LogP contribution in [-0.4, -0.2) is 17.4 Å². The van der Waals surface area contributed by atoms with Crippen molar-refractivity contribution in [2.45, 2.75) is 19.4 Å². The number of amides is 1. The van der Waals surface area contributed by atoms with Crippen molar-refractivity contribution in [1.29, 1.82) is 0 Å². The summed E-state index contributed by atoms with van der Waals surface area (Å²) in [5.41, 5.74) is 1.79. The molecule has 0 radical (unpaired) electrons. The smallest absolute Gasteiger partial charge is 0.272 e. The Balaban J connectivity index is 1.82. The van der Waals surface area contributed by atoms with E-state index in [9.17, 15) is 14.9 Å². The predicted octanol–water partition coefficient (Wildman–Crippen LogP) is 3.92. The van der Waals surface area contributed by atoms with Gasteiger partial charge in [-0.15, -0.1) is 0 Å². The van der Waals surface area contributed by atoms with Gasteiger partial charge in [0.15, 0.2) is 0 Å². The first kappa shape index (κ1) is 16.4. The Morgan fingerprint density at radius 1 is 1.33 bits per heavy atom. The molecule has 1 amide bonds. The van der Waals surface area contributed by atoms with Crippen molar-refractivity contribution >= 4 is 27.5 Å². The maximum Gasteiger partial charge on any atom is 0.272 e. The van der Waals surface area contributed by atoms with Crippen LogP contribution in [0.5, 0.6) is 5.75 Å². The lowest BCUT2D eigenvalue weighted by molar-refractivity contribution is -0.385. The molecule has 3 rings (SSSR count). The van der Waals surface area contributed by atoms with E-state index < -0.39 is 4.92 Å². The van der Waals surface area contributed by atoms with Gasteiger partial charge in [-0.3, -0.25) is 14.9 Å². The summed E-state index contributed by atoms with van der Waals surface area (Å²) in [6, 6.07) is 9.90. The van der Waals surface area contributed by atoms with E-state index in [1.165, 1.54) is 18.2 Å². The van der Waals surface area contributed by atoms with E-state index >= 15 is 0 Å². The van der Waals surface area contributed by atoms with Gasteiger partial charge in [0.05, 0.1) is 17.6 Å². The van der Waals surface area contributed by atoms with Crippen molar-refractivity contribution in [2.24, 2.45) is 0 Å². The first-order valence-corrected chi connectivity index (χ1v) is 8.23. The minimum Gasteiger partial charge on any atom is -0.493 e. The summed E-state index contributed by atoms with van der Waals surface area (Å²) in [7, 11) is 0. The van der Waals surface area contributed by atoms with Crippen LogP contribution >= 0.6 is 15.9 Å². The zero-order chi connectivity index (χ0) is 17.3. The molecule has 0 saturated carbocycles. The zero-order valence-corrected chi connectivity index (χ0v) is 14.5. The highest BCUT2D eigenvalue weighted by atomic mass is 79.9. The van der Waals surface area contributed by atoms with Gasteiger partial charge < -0.3 is 10.1 Å². The summed E-state index contributed by atoms with van der Waals surface area (Å²) in [5.74, 6) is 0.500. The van der Waals surface area contributed by atoms with E-state index in [0.29, 0.717) is 24.2 Å². The number of carbonyl (C=O) groups excluding carboxylic acids is 1. The average Bonchev–Trinajstić information content (AvgIpc) is 2.55. The molecule has 1 aliphatic rings. The molecule has 1 heterocycles. The third kappa shape index (κ3) is 3.26. The molecule has 2 aromatic rings. The summed E-state index contributed by atoms with van der Waals surface area (Å²) in [4.78, 5) is 22.9. The lowest BCUT2D eigenvalue weighted by Gasteiger charge is -2.27. The van der Waals surface area contributed by atoms with E-state index in [1.54, 1.807) is 6.92 Å². The largest absolute Gasteiger partial charge is 0.493 e. The van der Waals surface area contributed by atoms with Gasteiger partial charge in [-0.05, 0) is 37.3 Å². The number of carbonyl (C=O) groups is 1. The molecular formula is C17H15BrN2O4. The summed E-state index contributed by atoms with van der Waals surface area (Å²) in [6.07, 6.45) is 0.668. The number of nitro benzene ring substituents is 1. The Hall–Kier alpha value is -2.41. The minimum atomic E-state index is -0.455. The van der Waals surface area contributed by atoms with Crippen LogP contribution in [0.25, 0.3) is 0 Å². The minimum absolute atomic E-state index is 0.00638. The Labute approximate surface area is 147 Å². The van der Waals surface area contributed by atoms with Gasteiger partial charge in [-0.25, -0.2) is 0 Å². The Morgan fingerprint density at radius 3 is 2.83 bits per heavy atom. The molecule has 1 atom stereocenters. The molecule has 1 unspecified atom stereocenters. The van der Waals surface area contributed by atoms with Crippen molar-refractivity contribution < 1.29 is 14.5 Å². The Morgan fingerprint density at radius 2 is 2.12 bits per heavy atom. The van der Waals surface area contributed by atoms with E-state index in [-0.39, 0.29) is 17.6 Å². The second-order valence-corrected chi connectivity index (χ2v) is 6.52. The highest BCUT2D eigenvalue weighted by Gasteiger charge is 2.24. The second kappa shape index (κ2) is 6.60. The van der Waals surface area contributed by atoms with Crippen LogP contribution in [0.2, 0.25) is 0 Å². The highest BCUT2D eigenvalue weighted by molar-refractivity contribution is 9.10. The quantitative estimate of drug-likeness (QED) is 0.635. The normalized spacial score (nSPS) is 16.0. The first-order chi connectivity index (χ1) is 11.5. The SMILES string of the molecule is Cc1cc(C(=O)NC2CCOc3ccc(Br)cc32)ccc1[N+](=O)[O-]. The molecule has 1 N–H and O–H groups in total. The molecule has 7 heteroatoms. The van der Waals surface area contributed by atoms with Crippen LogP contribution in [0, 0.1) is 17.0 Å². The summed E-state index contributed by atoms with van der Waals surface area (Å²) >= 11 is 3.43. The number of aryl methyl sites for hydroxylation is 1. The van der Waals surface area contributed by atoms with E-state index in [4.69, 9.17) is 4.74 Å². The van der Waals surface area contributed by atoms with Gasteiger partial charge >= 0.3 is 0 Å². The fourth-order valence-electron chi connectivity index (χ4n) is 2.76. The monoisotopic (exact) mass is 390 g/mol. The van der Waals surface area contributed by atoms with Crippen LogP contribution in [0.3, 0.4) is 0 Å². The number of nitrogens with zero attached hydrogens (tertiary/aromatic N) is 1. The summed E-state index contributed by atoms with van der Waals surface area (Å²) in [5, 5.41) is 13.9. The van der Waals surface area contributed by atoms with Crippen LogP contribution in [-0.2, 0) is 0 Å². The van der Waals surface area contributed by atoms with Crippen LogP contribution in [0.4, 0.5) is 5.69 Å². The topological polar surface area (TPSA) is 81.5 Å². The maximum atomic E-state index is 12.5. The van der Waals surface area contributed by atoms with Gasteiger partial charge in [0.25, 0.3) is 11.6 Å². The number of benzene rings is 2. The molecule has 0 saturated heterocycles. The molecule has 124 valence electrons. The van der Waals surface area contributed by atoms with Crippen molar-refractivity contribution in [3.8, 4) is 5.75 Å².